The molecule has 0 aliphatic carbocycles. The van der Waals surface area contributed by atoms with Gasteiger partial charge in [-0.15, -0.1) is 0 Å². The van der Waals surface area contributed by atoms with Gasteiger partial charge in [0.1, 0.15) is 12.7 Å². The average Bonchev–Trinajstić information content (AvgIpc) is 3.11. The van der Waals surface area contributed by atoms with Crippen molar-refractivity contribution in [3.63, 3.8) is 0 Å². The lowest BCUT2D eigenvalue weighted by atomic mass is 10.1. The molecule has 6 nitrogen and oxygen atoms in total. The van der Waals surface area contributed by atoms with Crippen LogP contribution in [0, 0.1) is 0 Å². The molecule has 1 amide bonds. The first-order valence-corrected chi connectivity index (χ1v) is 7.67. The number of aliphatic hydroxyl groups excluding tert-OH is 1. The third-order valence-corrected chi connectivity index (χ3v) is 4.23. The van der Waals surface area contributed by atoms with Crippen LogP contribution >= 0.6 is 0 Å². The smallest absolute Gasteiger partial charge is 0.410 e. The number of likely N-dealkylation sites (tertiary alicyclic amines) is 1. The minimum Gasteiger partial charge on any atom is -0.445 e. The van der Waals surface area contributed by atoms with Gasteiger partial charge in [-0.2, -0.15) is 5.06 Å². The summed E-state index contributed by atoms with van der Waals surface area (Å²) >= 11 is 0. The van der Waals surface area contributed by atoms with Gasteiger partial charge in [-0.1, -0.05) is 30.3 Å². The van der Waals surface area contributed by atoms with E-state index in [0.29, 0.717) is 13.0 Å². The van der Waals surface area contributed by atoms with Crippen LogP contribution in [0.3, 0.4) is 0 Å². The lowest BCUT2D eigenvalue weighted by Gasteiger charge is -2.27. The zero-order valence-electron chi connectivity index (χ0n) is 12.7. The molecule has 2 saturated heterocycles. The SMILES string of the molecule is CN1CC[C@H]([C@@H]2C[C@@H](O)CN2C(=O)OCc2ccccc2)O1. The van der Waals surface area contributed by atoms with E-state index in [0.717, 1.165) is 18.5 Å². The van der Waals surface area contributed by atoms with Crippen molar-refractivity contribution in [2.45, 2.75) is 37.7 Å². The maximum Gasteiger partial charge on any atom is 0.410 e. The number of β-amino-alcohol motifs (C(OH)–C–C–N with tert-alkyl or cyclic N) is 1. The van der Waals surface area contributed by atoms with E-state index >= 15 is 0 Å². The summed E-state index contributed by atoms with van der Waals surface area (Å²) in [7, 11) is 1.88. The molecule has 3 atom stereocenters. The Bertz CT molecular complexity index is 510. The summed E-state index contributed by atoms with van der Waals surface area (Å²) in [4.78, 5) is 19.7. The highest BCUT2D eigenvalue weighted by Gasteiger charge is 2.42. The second-order valence-corrected chi connectivity index (χ2v) is 5.93. The summed E-state index contributed by atoms with van der Waals surface area (Å²) in [6.45, 7) is 1.39. The molecule has 0 aromatic heterocycles. The van der Waals surface area contributed by atoms with Gasteiger partial charge in [0.2, 0.25) is 0 Å². The van der Waals surface area contributed by atoms with E-state index in [-0.39, 0.29) is 24.8 Å². The maximum atomic E-state index is 12.3. The average molecular weight is 306 g/mol. The fraction of sp³-hybridized carbons (Fsp3) is 0.562. The minimum absolute atomic E-state index is 0.0635. The molecule has 0 saturated carbocycles. The molecule has 2 heterocycles. The van der Waals surface area contributed by atoms with E-state index in [9.17, 15) is 9.90 Å². The Hall–Kier alpha value is -1.63. The van der Waals surface area contributed by atoms with E-state index < -0.39 is 6.10 Å². The lowest BCUT2D eigenvalue weighted by Crippen LogP contribution is -2.43. The van der Waals surface area contributed by atoms with Gasteiger partial charge in [-0.25, -0.2) is 4.79 Å². The number of nitrogens with zero attached hydrogens (tertiary/aromatic N) is 2. The molecular formula is C16H22N2O4. The molecule has 22 heavy (non-hydrogen) atoms. The first-order chi connectivity index (χ1) is 10.6. The van der Waals surface area contributed by atoms with E-state index in [4.69, 9.17) is 9.57 Å². The van der Waals surface area contributed by atoms with Gasteiger partial charge in [0.05, 0.1) is 18.7 Å². The second-order valence-electron chi connectivity index (χ2n) is 5.93. The molecule has 6 heteroatoms. The van der Waals surface area contributed by atoms with Crippen molar-refractivity contribution in [1.82, 2.24) is 9.96 Å². The zero-order valence-corrected chi connectivity index (χ0v) is 12.7. The van der Waals surface area contributed by atoms with E-state index in [2.05, 4.69) is 0 Å². The van der Waals surface area contributed by atoms with Crippen LogP contribution in [0.5, 0.6) is 0 Å². The van der Waals surface area contributed by atoms with Crippen molar-refractivity contribution in [2.75, 3.05) is 20.1 Å². The number of rotatable bonds is 3. The number of ether oxygens (including phenoxy) is 1. The fourth-order valence-electron chi connectivity index (χ4n) is 3.12. The third kappa shape index (κ3) is 3.40. The van der Waals surface area contributed by atoms with Gasteiger partial charge in [-0.05, 0) is 18.4 Å². The van der Waals surface area contributed by atoms with Crippen LogP contribution in [0.15, 0.2) is 30.3 Å². The van der Waals surface area contributed by atoms with Gasteiger partial charge in [0.25, 0.3) is 0 Å². The van der Waals surface area contributed by atoms with Crippen molar-refractivity contribution >= 4 is 6.09 Å². The highest BCUT2D eigenvalue weighted by molar-refractivity contribution is 5.68. The van der Waals surface area contributed by atoms with Crippen LogP contribution in [0.4, 0.5) is 4.79 Å². The van der Waals surface area contributed by atoms with Crippen molar-refractivity contribution in [3.05, 3.63) is 35.9 Å². The molecular weight excluding hydrogens is 284 g/mol. The Morgan fingerprint density at radius 1 is 1.41 bits per heavy atom. The number of hydroxylamine groups is 2. The number of benzene rings is 1. The first-order valence-electron chi connectivity index (χ1n) is 7.67. The summed E-state index contributed by atoms with van der Waals surface area (Å²) in [5.74, 6) is 0. The van der Waals surface area contributed by atoms with Gasteiger partial charge >= 0.3 is 6.09 Å². The fourth-order valence-corrected chi connectivity index (χ4v) is 3.12. The third-order valence-electron chi connectivity index (χ3n) is 4.23. The molecule has 3 rings (SSSR count). The summed E-state index contributed by atoms with van der Waals surface area (Å²) in [5, 5.41) is 11.7. The van der Waals surface area contributed by atoms with E-state index in [1.807, 2.05) is 37.4 Å². The Kier molecular flexibility index (Phi) is 4.61. The van der Waals surface area contributed by atoms with Gasteiger partial charge in [0, 0.05) is 13.6 Å². The number of carbonyl (C=O) groups is 1. The van der Waals surface area contributed by atoms with Crippen LogP contribution in [0.25, 0.3) is 0 Å². The molecule has 0 spiro atoms. The molecule has 1 aromatic carbocycles. The maximum absolute atomic E-state index is 12.3. The van der Waals surface area contributed by atoms with Crippen LogP contribution < -0.4 is 0 Å². The number of hydrogen-bond acceptors (Lipinski definition) is 5. The highest BCUT2D eigenvalue weighted by atomic mass is 16.7. The summed E-state index contributed by atoms with van der Waals surface area (Å²) in [5.41, 5.74) is 0.948. The van der Waals surface area contributed by atoms with Crippen LogP contribution in [0.1, 0.15) is 18.4 Å². The lowest BCUT2D eigenvalue weighted by molar-refractivity contribution is -0.142. The van der Waals surface area contributed by atoms with Crippen molar-refractivity contribution < 1.29 is 19.5 Å². The molecule has 1 aromatic rings. The van der Waals surface area contributed by atoms with E-state index in [1.54, 1.807) is 9.96 Å². The van der Waals surface area contributed by atoms with Crippen molar-refractivity contribution in [3.8, 4) is 0 Å². The molecule has 2 aliphatic rings. The number of aliphatic hydroxyl groups is 1. The molecule has 0 bridgehead atoms. The highest BCUT2D eigenvalue weighted by Crippen LogP contribution is 2.28. The molecule has 1 N–H and O–H groups in total. The molecule has 120 valence electrons. The topological polar surface area (TPSA) is 62.2 Å². The Labute approximate surface area is 130 Å². The Balaban J connectivity index is 1.60. The Morgan fingerprint density at radius 2 is 2.18 bits per heavy atom. The summed E-state index contributed by atoms with van der Waals surface area (Å²) < 4.78 is 5.38. The quantitative estimate of drug-likeness (QED) is 0.914. The minimum atomic E-state index is -0.510. The Morgan fingerprint density at radius 3 is 2.86 bits per heavy atom. The number of amides is 1. The zero-order chi connectivity index (χ0) is 15.5. The van der Waals surface area contributed by atoms with Gasteiger partial charge in [-0.3, -0.25) is 9.74 Å². The van der Waals surface area contributed by atoms with Gasteiger partial charge in [0.15, 0.2) is 0 Å². The predicted molar refractivity (Wildman–Crippen MR) is 79.9 cm³/mol. The second kappa shape index (κ2) is 6.64. The first kappa shape index (κ1) is 15.3. The van der Waals surface area contributed by atoms with Crippen LogP contribution in [0.2, 0.25) is 0 Å². The normalized spacial score (nSPS) is 29.0. The van der Waals surface area contributed by atoms with Crippen LogP contribution in [-0.4, -0.2) is 59.5 Å². The molecule has 0 radical (unpaired) electrons. The van der Waals surface area contributed by atoms with Crippen molar-refractivity contribution in [1.29, 1.82) is 0 Å². The van der Waals surface area contributed by atoms with Crippen LogP contribution in [-0.2, 0) is 16.2 Å². The summed E-state index contributed by atoms with van der Waals surface area (Å²) in [6.07, 6.45) is 0.439. The standard InChI is InChI=1S/C16H22N2O4/c1-17-8-7-15(22-17)14-9-13(19)10-18(14)16(20)21-11-12-5-3-2-4-6-12/h2-6,13-15,19H,7-11H2,1H3/t13-,14+,15-/m1/s1. The van der Waals surface area contributed by atoms with Crippen molar-refractivity contribution in [2.24, 2.45) is 0 Å². The number of hydrogen-bond donors (Lipinski definition) is 1. The molecule has 0 unspecified atom stereocenters. The molecule has 2 fully saturated rings. The predicted octanol–water partition coefficient (Wildman–Crippen LogP) is 1.39. The monoisotopic (exact) mass is 306 g/mol. The largest absolute Gasteiger partial charge is 0.445 e. The summed E-state index contributed by atoms with van der Waals surface area (Å²) in [6, 6.07) is 9.45. The molecule has 2 aliphatic heterocycles. The van der Waals surface area contributed by atoms with Gasteiger partial charge < -0.3 is 9.84 Å². The number of carbonyl (C=O) groups excluding carboxylic acids is 1. The van der Waals surface area contributed by atoms with E-state index in [1.165, 1.54) is 0 Å².